The van der Waals surface area contributed by atoms with Gasteiger partial charge in [0.2, 0.25) is 0 Å². The van der Waals surface area contributed by atoms with E-state index in [1.54, 1.807) is 6.33 Å². The predicted molar refractivity (Wildman–Crippen MR) is 75.9 cm³/mol. The Hall–Kier alpha value is -1.69. The number of imidazole rings is 1. The summed E-state index contributed by atoms with van der Waals surface area (Å²) in [7, 11) is 0. The first-order valence-corrected chi connectivity index (χ1v) is 7.40. The molecule has 0 amide bonds. The van der Waals surface area contributed by atoms with Crippen molar-refractivity contribution in [1.82, 2.24) is 29.2 Å². The molecule has 0 N–H and O–H groups in total. The molecule has 0 bridgehead atoms. The van der Waals surface area contributed by atoms with Crippen LogP contribution < -0.4 is 0 Å². The van der Waals surface area contributed by atoms with Crippen LogP contribution in [-0.2, 0) is 19.6 Å². The van der Waals surface area contributed by atoms with E-state index < -0.39 is 0 Å². The fraction of sp³-hybridized carbons (Fsp3) is 0.643. The van der Waals surface area contributed by atoms with Crippen LogP contribution in [0.3, 0.4) is 0 Å². The average molecular weight is 274 g/mol. The van der Waals surface area contributed by atoms with Gasteiger partial charge in [-0.1, -0.05) is 0 Å². The summed E-state index contributed by atoms with van der Waals surface area (Å²) >= 11 is 0. The molecule has 1 aliphatic heterocycles. The van der Waals surface area contributed by atoms with Crippen molar-refractivity contribution in [3.8, 4) is 0 Å². The van der Waals surface area contributed by atoms with Crippen LogP contribution in [0, 0.1) is 5.92 Å². The number of hydrogen-bond donors (Lipinski definition) is 0. The summed E-state index contributed by atoms with van der Waals surface area (Å²) in [4.78, 5) is 11.0. The maximum Gasteiger partial charge on any atom is 0.137 e. The van der Waals surface area contributed by atoms with Gasteiger partial charge in [-0.05, 0) is 32.2 Å². The molecule has 108 valence electrons. The van der Waals surface area contributed by atoms with E-state index >= 15 is 0 Å². The van der Waals surface area contributed by atoms with Crippen molar-refractivity contribution in [3.05, 3.63) is 30.9 Å². The van der Waals surface area contributed by atoms with E-state index in [-0.39, 0.29) is 0 Å². The summed E-state index contributed by atoms with van der Waals surface area (Å²) < 4.78 is 4.17. The van der Waals surface area contributed by atoms with E-state index in [9.17, 15) is 0 Å². The van der Waals surface area contributed by atoms with Gasteiger partial charge in [-0.25, -0.2) is 9.97 Å². The van der Waals surface area contributed by atoms with Crippen molar-refractivity contribution in [1.29, 1.82) is 0 Å². The third kappa shape index (κ3) is 3.07. The zero-order valence-corrected chi connectivity index (χ0v) is 12.0. The SMILES string of the molecule is CCn1ccnc1CN1CCC[C@H](Cn2cncn2)C1. The molecule has 3 rings (SSSR count). The fourth-order valence-electron chi connectivity index (χ4n) is 3.02. The highest BCUT2D eigenvalue weighted by Crippen LogP contribution is 2.19. The summed E-state index contributed by atoms with van der Waals surface area (Å²) in [5.41, 5.74) is 0. The molecule has 0 aliphatic carbocycles. The molecule has 3 heterocycles. The van der Waals surface area contributed by atoms with Crippen LogP contribution in [0.2, 0.25) is 0 Å². The summed E-state index contributed by atoms with van der Waals surface area (Å²) in [5.74, 6) is 1.84. The molecule has 1 atom stereocenters. The zero-order chi connectivity index (χ0) is 13.8. The summed E-state index contributed by atoms with van der Waals surface area (Å²) in [5, 5.41) is 4.21. The maximum atomic E-state index is 4.48. The van der Waals surface area contributed by atoms with Gasteiger partial charge in [-0.3, -0.25) is 9.58 Å². The molecule has 0 spiro atoms. The van der Waals surface area contributed by atoms with Crippen LogP contribution in [0.5, 0.6) is 0 Å². The van der Waals surface area contributed by atoms with Gasteiger partial charge >= 0.3 is 0 Å². The molecule has 2 aromatic heterocycles. The minimum atomic E-state index is 0.662. The van der Waals surface area contributed by atoms with Crippen LogP contribution in [0.15, 0.2) is 25.0 Å². The Balaban J connectivity index is 1.58. The quantitative estimate of drug-likeness (QED) is 0.827. The number of rotatable bonds is 5. The highest BCUT2D eigenvalue weighted by Gasteiger charge is 2.21. The number of likely N-dealkylation sites (tertiary alicyclic amines) is 1. The van der Waals surface area contributed by atoms with E-state index in [0.717, 1.165) is 26.2 Å². The normalized spacial score (nSPS) is 20.4. The van der Waals surface area contributed by atoms with E-state index in [1.807, 2.05) is 17.2 Å². The molecule has 1 saturated heterocycles. The van der Waals surface area contributed by atoms with Gasteiger partial charge in [0.05, 0.1) is 6.54 Å². The van der Waals surface area contributed by atoms with Crippen molar-refractivity contribution < 1.29 is 0 Å². The number of aromatic nitrogens is 5. The minimum Gasteiger partial charge on any atom is -0.334 e. The Bertz CT molecular complexity index is 518. The second kappa shape index (κ2) is 6.17. The molecule has 0 radical (unpaired) electrons. The van der Waals surface area contributed by atoms with Crippen molar-refractivity contribution in [2.75, 3.05) is 13.1 Å². The number of nitrogens with zero attached hydrogens (tertiary/aromatic N) is 6. The largest absolute Gasteiger partial charge is 0.334 e. The molecule has 0 aromatic carbocycles. The van der Waals surface area contributed by atoms with Crippen LogP contribution in [0.25, 0.3) is 0 Å². The molecule has 20 heavy (non-hydrogen) atoms. The molecule has 6 heteroatoms. The summed E-state index contributed by atoms with van der Waals surface area (Å²) in [6.07, 6.45) is 9.91. The highest BCUT2D eigenvalue weighted by atomic mass is 15.3. The van der Waals surface area contributed by atoms with Crippen LogP contribution >= 0.6 is 0 Å². The number of aryl methyl sites for hydroxylation is 1. The maximum absolute atomic E-state index is 4.48. The predicted octanol–water partition coefficient (Wildman–Crippen LogP) is 1.41. The smallest absolute Gasteiger partial charge is 0.137 e. The van der Waals surface area contributed by atoms with Crippen molar-refractivity contribution in [3.63, 3.8) is 0 Å². The van der Waals surface area contributed by atoms with Gasteiger partial charge < -0.3 is 4.57 Å². The van der Waals surface area contributed by atoms with E-state index in [4.69, 9.17) is 0 Å². The standard InChI is InChI=1S/C14H22N6/c1-2-19-7-5-16-14(19)10-18-6-3-4-13(8-18)9-20-12-15-11-17-20/h5,7,11-13H,2-4,6,8-10H2,1H3/t13-/m0/s1. The second-order valence-electron chi connectivity index (χ2n) is 5.49. The second-order valence-corrected chi connectivity index (χ2v) is 5.49. The molecule has 0 saturated carbocycles. The average Bonchev–Trinajstić information content (AvgIpc) is 3.10. The molecule has 6 nitrogen and oxygen atoms in total. The van der Waals surface area contributed by atoms with E-state index in [1.165, 1.54) is 25.2 Å². The minimum absolute atomic E-state index is 0.662. The monoisotopic (exact) mass is 274 g/mol. The van der Waals surface area contributed by atoms with Crippen molar-refractivity contribution in [2.24, 2.45) is 5.92 Å². The Kier molecular flexibility index (Phi) is 4.11. The molecular formula is C14H22N6. The first-order valence-electron chi connectivity index (χ1n) is 7.40. The van der Waals surface area contributed by atoms with Crippen LogP contribution in [-0.4, -0.2) is 42.3 Å². The topological polar surface area (TPSA) is 51.8 Å². The van der Waals surface area contributed by atoms with Crippen molar-refractivity contribution in [2.45, 2.75) is 39.4 Å². The van der Waals surface area contributed by atoms with E-state index in [0.29, 0.717) is 5.92 Å². The first-order chi connectivity index (χ1) is 9.85. The van der Waals surface area contributed by atoms with Crippen LogP contribution in [0.4, 0.5) is 0 Å². The first kappa shape index (κ1) is 13.3. The van der Waals surface area contributed by atoms with Crippen molar-refractivity contribution >= 4 is 0 Å². The third-order valence-electron chi connectivity index (χ3n) is 4.02. The lowest BCUT2D eigenvalue weighted by Gasteiger charge is -2.32. The fourth-order valence-corrected chi connectivity index (χ4v) is 3.02. The molecule has 1 aliphatic rings. The van der Waals surface area contributed by atoms with Gasteiger partial charge in [0.1, 0.15) is 18.5 Å². The van der Waals surface area contributed by atoms with Gasteiger partial charge in [-0.15, -0.1) is 0 Å². The molecule has 1 fully saturated rings. The number of hydrogen-bond acceptors (Lipinski definition) is 4. The Morgan fingerprint density at radius 1 is 1.40 bits per heavy atom. The lowest BCUT2D eigenvalue weighted by molar-refractivity contribution is 0.148. The lowest BCUT2D eigenvalue weighted by atomic mass is 9.98. The molecular weight excluding hydrogens is 252 g/mol. The summed E-state index contributed by atoms with van der Waals surface area (Å²) in [6, 6.07) is 0. The molecule has 2 aromatic rings. The van der Waals surface area contributed by atoms with Crippen LogP contribution in [0.1, 0.15) is 25.6 Å². The van der Waals surface area contributed by atoms with Gasteiger partial charge in [0.25, 0.3) is 0 Å². The Labute approximate surface area is 119 Å². The Morgan fingerprint density at radius 2 is 2.35 bits per heavy atom. The zero-order valence-electron chi connectivity index (χ0n) is 12.0. The Morgan fingerprint density at radius 3 is 3.15 bits per heavy atom. The van der Waals surface area contributed by atoms with E-state index in [2.05, 4.69) is 37.7 Å². The lowest BCUT2D eigenvalue weighted by Crippen LogP contribution is -2.37. The van der Waals surface area contributed by atoms with Gasteiger partial charge in [0.15, 0.2) is 0 Å². The van der Waals surface area contributed by atoms with Gasteiger partial charge in [-0.2, -0.15) is 5.10 Å². The third-order valence-corrected chi connectivity index (χ3v) is 4.02. The summed E-state index contributed by atoms with van der Waals surface area (Å²) in [6.45, 7) is 7.37. The van der Waals surface area contributed by atoms with Gasteiger partial charge in [0, 0.05) is 32.0 Å². The molecule has 0 unspecified atom stereocenters. The highest BCUT2D eigenvalue weighted by molar-refractivity contribution is 4.93. The number of piperidine rings is 1.